The summed E-state index contributed by atoms with van der Waals surface area (Å²) in [6, 6.07) is 1.11. The molecule has 1 aliphatic heterocycles. The Kier molecular flexibility index (Phi) is 5.45. The molecule has 0 bridgehead atoms. The molecule has 0 saturated carbocycles. The molecule has 1 saturated heterocycles. The number of rotatable bonds is 6. The molecular formula is C11H24N2O. The van der Waals surface area contributed by atoms with Crippen molar-refractivity contribution in [3.8, 4) is 0 Å². The molecule has 2 atom stereocenters. The van der Waals surface area contributed by atoms with Gasteiger partial charge in [-0.2, -0.15) is 0 Å². The lowest BCUT2D eigenvalue weighted by Gasteiger charge is -2.23. The minimum absolute atomic E-state index is 0.286. The van der Waals surface area contributed by atoms with E-state index in [9.17, 15) is 0 Å². The second-order valence-electron chi connectivity index (χ2n) is 4.56. The lowest BCUT2D eigenvalue weighted by molar-refractivity contribution is 0.242. The fraction of sp³-hybridized carbons (Fsp3) is 1.00. The third-order valence-electron chi connectivity index (χ3n) is 3.03. The summed E-state index contributed by atoms with van der Waals surface area (Å²) in [6.45, 7) is 6.90. The first-order valence-corrected chi connectivity index (χ1v) is 5.81. The van der Waals surface area contributed by atoms with Crippen molar-refractivity contribution in [3.63, 3.8) is 0 Å². The monoisotopic (exact) mass is 200 g/mol. The molecule has 1 fully saturated rings. The summed E-state index contributed by atoms with van der Waals surface area (Å²) < 4.78 is 0. The Morgan fingerprint density at radius 3 is 2.79 bits per heavy atom. The minimum atomic E-state index is 0.286. The van der Waals surface area contributed by atoms with Crippen LogP contribution in [0.2, 0.25) is 0 Å². The van der Waals surface area contributed by atoms with Gasteiger partial charge in [-0.25, -0.2) is 0 Å². The van der Waals surface area contributed by atoms with Crippen LogP contribution in [0.15, 0.2) is 0 Å². The zero-order valence-corrected chi connectivity index (χ0v) is 9.42. The van der Waals surface area contributed by atoms with Gasteiger partial charge in [-0.15, -0.1) is 0 Å². The van der Waals surface area contributed by atoms with E-state index in [2.05, 4.69) is 24.5 Å². The van der Waals surface area contributed by atoms with Gasteiger partial charge in [0.2, 0.25) is 0 Å². The van der Waals surface area contributed by atoms with Crippen LogP contribution in [0.3, 0.4) is 0 Å². The van der Waals surface area contributed by atoms with Gasteiger partial charge in [0.15, 0.2) is 0 Å². The standard InChI is InChI=1S/C11H24N2O/c1-9(2)11(5-7-14)13-8-10-4-3-6-12-10/h9-14H,3-8H2,1-2H3. The molecule has 0 spiro atoms. The molecule has 1 aliphatic rings. The largest absolute Gasteiger partial charge is 0.396 e. The van der Waals surface area contributed by atoms with Gasteiger partial charge in [-0.3, -0.25) is 0 Å². The van der Waals surface area contributed by atoms with Crippen molar-refractivity contribution < 1.29 is 5.11 Å². The van der Waals surface area contributed by atoms with E-state index in [-0.39, 0.29) is 6.61 Å². The summed E-state index contributed by atoms with van der Waals surface area (Å²) in [4.78, 5) is 0. The fourth-order valence-corrected chi connectivity index (χ4v) is 2.03. The zero-order chi connectivity index (χ0) is 10.4. The Hall–Kier alpha value is -0.120. The van der Waals surface area contributed by atoms with E-state index in [1.54, 1.807) is 0 Å². The minimum Gasteiger partial charge on any atom is -0.396 e. The van der Waals surface area contributed by atoms with Crippen molar-refractivity contribution in [2.24, 2.45) is 5.92 Å². The normalized spacial score (nSPS) is 24.4. The van der Waals surface area contributed by atoms with Gasteiger partial charge in [0.1, 0.15) is 0 Å². The SMILES string of the molecule is CC(C)C(CCO)NCC1CCCN1. The molecule has 1 rings (SSSR count). The summed E-state index contributed by atoms with van der Waals surface area (Å²) in [7, 11) is 0. The maximum Gasteiger partial charge on any atom is 0.0445 e. The van der Waals surface area contributed by atoms with Crippen LogP contribution in [0.25, 0.3) is 0 Å². The smallest absolute Gasteiger partial charge is 0.0445 e. The Balaban J connectivity index is 2.17. The van der Waals surface area contributed by atoms with Crippen LogP contribution in [0.4, 0.5) is 0 Å². The molecule has 0 amide bonds. The lowest BCUT2D eigenvalue weighted by atomic mass is 10.0. The van der Waals surface area contributed by atoms with E-state index in [1.165, 1.54) is 19.4 Å². The fourth-order valence-electron chi connectivity index (χ4n) is 2.03. The zero-order valence-electron chi connectivity index (χ0n) is 9.42. The van der Waals surface area contributed by atoms with Crippen molar-refractivity contribution >= 4 is 0 Å². The van der Waals surface area contributed by atoms with Gasteiger partial charge in [0.05, 0.1) is 0 Å². The summed E-state index contributed by atoms with van der Waals surface area (Å²) in [5, 5.41) is 15.9. The highest BCUT2D eigenvalue weighted by Gasteiger charge is 2.17. The van der Waals surface area contributed by atoms with E-state index in [1.807, 2.05) is 0 Å². The van der Waals surface area contributed by atoms with Gasteiger partial charge < -0.3 is 15.7 Å². The topological polar surface area (TPSA) is 44.3 Å². The second kappa shape index (κ2) is 6.38. The predicted molar refractivity (Wildman–Crippen MR) is 59.4 cm³/mol. The second-order valence-corrected chi connectivity index (χ2v) is 4.56. The highest BCUT2D eigenvalue weighted by Crippen LogP contribution is 2.08. The van der Waals surface area contributed by atoms with Crippen LogP contribution >= 0.6 is 0 Å². The van der Waals surface area contributed by atoms with Crippen molar-refractivity contribution in [1.29, 1.82) is 0 Å². The van der Waals surface area contributed by atoms with Crippen LogP contribution in [0.5, 0.6) is 0 Å². The first kappa shape index (κ1) is 12.0. The molecule has 3 nitrogen and oxygen atoms in total. The summed E-state index contributed by atoms with van der Waals surface area (Å²) >= 11 is 0. The third kappa shape index (κ3) is 3.95. The van der Waals surface area contributed by atoms with Gasteiger partial charge in [-0.1, -0.05) is 13.8 Å². The van der Waals surface area contributed by atoms with E-state index < -0.39 is 0 Å². The molecule has 3 N–H and O–H groups in total. The van der Waals surface area contributed by atoms with Gasteiger partial charge in [-0.05, 0) is 31.7 Å². The van der Waals surface area contributed by atoms with Gasteiger partial charge in [0.25, 0.3) is 0 Å². The average molecular weight is 200 g/mol. The quantitative estimate of drug-likeness (QED) is 0.592. The average Bonchev–Trinajstić information content (AvgIpc) is 2.64. The third-order valence-corrected chi connectivity index (χ3v) is 3.03. The highest BCUT2D eigenvalue weighted by atomic mass is 16.3. The number of aliphatic hydroxyl groups excluding tert-OH is 1. The van der Waals surface area contributed by atoms with E-state index in [0.717, 1.165) is 13.0 Å². The predicted octanol–water partition coefficient (Wildman–Crippen LogP) is 0.735. The number of hydrogen-bond donors (Lipinski definition) is 3. The molecule has 1 heterocycles. The first-order valence-electron chi connectivity index (χ1n) is 5.81. The maximum absolute atomic E-state index is 8.92. The Bertz CT molecular complexity index is 144. The number of nitrogens with one attached hydrogen (secondary N) is 2. The molecule has 14 heavy (non-hydrogen) atoms. The van der Waals surface area contributed by atoms with Crippen LogP contribution in [0, 0.1) is 5.92 Å². The van der Waals surface area contributed by atoms with Crippen molar-refractivity contribution in [2.75, 3.05) is 19.7 Å². The Morgan fingerprint density at radius 2 is 2.29 bits per heavy atom. The molecule has 0 aromatic rings. The molecule has 0 aromatic heterocycles. The Morgan fingerprint density at radius 1 is 1.50 bits per heavy atom. The molecule has 2 unspecified atom stereocenters. The summed E-state index contributed by atoms with van der Waals surface area (Å²) in [6.07, 6.45) is 3.46. The van der Waals surface area contributed by atoms with Gasteiger partial charge in [0, 0.05) is 25.2 Å². The van der Waals surface area contributed by atoms with Crippen LogP contribution in [0.1, 0.15) is 33.1 Å². The lowest BCUT2D eigenvalue weighted by Crippen LogP contribution is -2.42. The molecule has 0 aromatic carbocycles. The van der Waals surface area contributed by atoms with E-state index in [4.69, 9.17) is 5.11 Å². The van der Waals surface area contributed by atoms with Crippen molar-refractivity contribution in [1.82, 2.24) is 10.6 Å². The van der Waals surface area contributed by atoms with E-state index >= 15 is 0 Å². The van der Waals surface area contributed by atoms with Crippen LogP contribution in [-0.2, 0) is 0 Å². The van der Waals surface area contributed by atoms with Crippen LogP contribution < -0.4 is 10.6 Å². The molecule has 0 radical (unpaired) electrons. The number of hydrogen-bond acceptors (Lipinski definition) is 3. The van der Waals surface area contributed by atoms with E-state index in [0.29, 0.717) is 18.0 Å². The molecular weight excluding hydrogens is 176 g/mol. The first-order chi connectivity index (χ1) is 6.74. The Labute approximate surface area is 87.3 Å². The van der Waals surface area contributed by atoms with Crippen LogP contribution in [-0.4, -0.2) is 36.9 Å². The number of aliphatic hydroxyl groups is 1. The molecule has 3 heteroatoms. The maximum atomic E-state index is 8.92. The van der Waals surface area contributed by atoms with Crippen molar-refractivity contribution in [3.05, 3.63) is 0 Å². The summed E-state index contributed by atoms with van der Waals surface area (Å²) in [5.41, 5.74) is 0. The summed E-state index contributed by atoms with van der Waals surface area (Å²) in [5.74, 6) is 0.601. The van der Waals surface area contributed by atoms with Gasteiger partial charge >= 0.3 is 0 Å². The highest BCUT2D eigenvalue weighted by molar-refractivity contribution is 4.79. The van der Waals surface area contributed by atoms with Crippen molar-refractivity contribution in [2.45, 2.75) is 45.2 Å². The molecule has 0 aliphatic carbocycles. The molecule has 84 valence electrons.